The molecule has 0 saturated heterocycles. The fourth-order valence-electron chi connectivity index (χ4n) is 3.72. The van der Waals surface area contributed by atoms with E-state index in [1.54, 1.807) is 14.1 Å². The quantitative estimate of drug-likeness (QED) is 0.291. The second-order valence-corrected chi connectivity index (χ2v) is 8.44. The molecule has 0 aliphatic rings. The number of aliphatic hydroxyl groups is 1. The van der Waals surface area contributed by atoms with E-state index >= 15 is 0 Å². The Morgan fingerprint density at radius 3 is 2.31 bits per heavy atom. The number of phenols is 1. The van der Waals surface area contributed by atoms with Crippen LogP contribution in [0, 0.1) is 5.82 Å². The summed E-state index contributed by atoms with van der Waals surface area (Å²) in [7, 11) is 4.70. The molecule has 0 aliphatic carbocycles. The maximum atomic E-state index is 14.1. The van der Waals surface area contributed by atoms with Crippen LogP contribution in [-0.2, 0) is 5.41 Å². The number of hydrogen-bond acceptors (Lipinski definition) is 5. The van der Waals surface area contributed by atoms with Crippen LogP contribution < -0.4 is 5.73 Å². The minimum absolute atomic E-state index is 0.0547. The van der Waals surface area contributed by atoms with Gasteiger partial charge in [-0.15, -0.1) is 0 Å². The summed E-state index contributed by atoms with van der Waals surface area (Å²) in [5.74, 6) is -1.08. The number of hydrogen-bond donors (Lipinski definition) is 3. The topological polar surface area (TPSA) is 82.1 Å². The van der Waals surface area contributed by atoms with Gasteiger partial charge in [0.25, 0.3) is 0 Å². The number of aromatic hydroxyl groups is 1. The molecule has 1 aromatic rings. The summed E-state index contributed by atoms with van der Waals surface area (Å²) in [6.07, 6.45) is -2.47. The molecule has 1 atom stereocenters. The van der Waals surface area contributed by atoms with Crippen molar-refractivity contribution in [2.24, 2.45) is 10.7 Å². The third-order valence-electron chi connectivity index (χ3n) is 5.02. The number of benzene rings is 1. The largest absolute Gasteiger partial charge is 0.508 e. The van der Waals surface area contributed by atoms with Crippen molar-refractivity contribution < 1.29 is 27.8 Å². The number of allylic oxidation sites excluding steroid dienone is 3. The SMILES string of the molecule is C=C/C=C(\C=NC)C(=C(N)CC(O)(CC(C)(C)c1cc(F)ccc1O)C(F)(F)F)N(C)C. The molecular weight excluding hydrogens is 426 g/mol. The number of alkyl halides is 3. The van der Waals surface area contributed by atoms with Crippen molar-refractivity contribution in [3.05, 3.63) is 65.3 Å². The summed E-state index contributed by atoms with van der Waals surface area (Å²) in [5.41, 5.74) is 1.78. The van der Waals surface area contributed by atoms with Crippen molar-refractivity contribution in [3.8, 4) is 5.75 Å². The van der Waals surface area contributed by atoms with Crippen LogP contribution in [0.15, 0.2) is 58.9 Å². The number of likely N-dealkylation sites (N-methyl/N-ethyl adjacent to an activating group) is 1. The summed E-state index contributed by atoms with van der Waals surface area (Å²) in [6, 6.07) is 3.02. The molecule has 1 aromatic carbocycles. The van der Waals surface area contributed by atoms with Crippen LogP contribution in [0.1, 0.15) is 32.3 Å². The second kappa shape index (κ2) is 10.2. The van der Waals surface area contributed by atoms with E-state index in [9.17, 15) is 27.8 Å². The average Bonchev–Trinajstić information content (AvgIpc) is 2.62. The maximum Gasteiger partial charge on any atom is 0.417 e. The Labute approximate surface area is 186 Å². The number of aliphatic imine (C=N–C) groups is 1. The molecule has 5 nitrogen and oxygen atoms in total. The van der Waals surface area contributed by atoms with Gasteiger partial charge in [-0.3, -0.25) is 4.99 Å². The molecule has 0 aliphatic heterocycles. The second-order valence-electron chi connectivity index (χ2n) is 8.44. The standard InChI is InChI=1S/C23H31F4N3O2/c1-7-8-15(13-29-4)20(30(5)6)18(28)12-22(32,23(25,26)27)14-21(2,3)17-11-16(24)9-10-19(17)31/h7-11,13,31-32H,1,12,14,28H2,2-6H3/b15-8+,20-18?,29-13?. The molecule has 1 unspecified atom stereocenters. The summed E-state index contributed by atoms with van der Waals surface area (Å²) in [6.45, 7) is 6.36. The van der Waals surface area contributed by atoms with Crippen molar-refractivity contribution >= 4 is 6.21 Å². The lowest BCUT2D eigenvalue weighted by molar-refractivity contribution is -0.266. The smallest absolute Gasteiger partial charge is 0.417 e. The van der Waals surface area contributed by atoms with Crippen LogP contribution in [0.2, 0.25) is 0 Å². The Kier molecular flexibility index (Phi) is 8.68. The number of rotatable bonds is 9. The van der Waals surface area contributed by atoms with Crippen molar-refractivity contribution in [2.75, 3.05) is 21.1 Å². The zero-order valence-electron chi connectivity index (χ0n) is 19.0. The fraction of sp³-hybridized carbons (Fsp3) is 0.435. The first kappa shape index (κ1) is 27.2. The molecule has 9 heteroatoms. The minimum Gasteiger partial charge on any atom is -0.508 e. The zero-order chi connectivity index (χ0) is 24.9. The van der Waals surface area contributed by atoms with Crippen molar-refractivity contribution in [1.82, 2.24) is 4.90 Å². The third-order valence-corrected chi connectivity index (χ3v) is 5.02. The van der Waals surface area contributed by atoms with E-state index in [1.165, 1.54) is 44.2 Å². The Hall–Kier alpha value is -2.81. The van der Waals surface area contributed by atoms with Gasteiger partial charge < -0.3 is 20.8 Å². The first-order valence-corrected chi connectivity index (χ1v) is 9.79. The van der Waals surface area contributed by atoms with E-state index in [2.05, 4.69) is 11.6 Å². The number of halogens is 4. The fourth-order valence-corrected chi connectivity index (χ4v) is 3.72. The predicted molar refractivity (Wildman–Crippen MR) is 119 cm³/mol. The Morgan fingerprint density at radius 2 is 1.84 bits per heavy atom. The predicted octanol–water partition coefficient (Wildman–Crippen LogP) is 4.43. The first-order chi connectivity index (χ1) is 14.6. The molecule has 0 fully saturated rings. The van der Waals surface area contributed by atoms with Crippen LogP contribution in [0.25, 0.3) is 0 Å². The summed E-state index contributed by atoms with van der Waals surface area (Å²) < 4.78 is 56.1. The summed E-state index contributed by atoms with van der Waals surface area (Å²) in [4.78, 5) is 5.42. The van der Waals surface area contributed by atoms with Gasteiger partial charge in [0.1, 0.15) is 11.6 Å². The number of nitrogens with two attached hydrogens (primary N) is 1. The van der Waals surface area contributed by atoms with Gasteiger partial charge in [-0.2, -0.15) is 13.2 Å². The molecule has 32 heavy (non-hydrogen) atoms. The average molecular weight is 458 g/mol. The molecule has 4 N–H and O–H groups in total. The van der Waals surface area contributed by atoms with E-state index in [-0.39, 0.29) is 22.7 Å². The van der Waals surface area contributed by atoms with Gasteiger partial charge in [-0.1, -0.05) is 32.6 Å². The van der Waals surface area contributed by atoms with E-state index in [0.29, 0.717) is 5.57 Å². The van der Waals surface area contributed by atoms with Gasteiger partial charge in [0.15, 0.2) is 5.60 Å². The van der Waals surface area contributed by atoms with Crippen LogP contribution in [-0.4, -0.2) is 54.2 Å². The monoisotopic (exact) mass is 457 g/mol. The molecule has 1 rings (SSSR count). The van der Waals surface area contributed by atoms with Crippen molar-refractivity contribution in [1.29, 1.82) is 0 Å². The van der Waals surface area contributed by atoms with Gasteiger partial charge in [-0.05, 0) is 30.0 Å². The van der Waals surface area contributed by atoms with Crippen molar-refractivity contribution in [3.63, 3.8) is 0 Å². The summed E-state index contributed by atoms with van der Waals surface area (Å²) >= 11 is 0. The van der Waals surface area contributed by atoms with Crippen LogP contribution in [0.3, 0.4) is 0 Å². The molecule has 0 heterocycles. The third kappa shape index (κ3) is 6.35. The Bertz CT molecular complexity index is 918. The molecule has 0 bridgehead atoms. The van der Waals surface area contributed by atoms with Crippen LogP contribution in [0.5, 0.6) is 5.75 Å². The normalized spacial score (nSPS) is 16.0. The number of nitrogens with zero attached hydrogens (tertiary/aromatic N) is 2. The van der Waals surface area contributed by atoms with Crippen LogP contribution in [0.4, 0.5) is 17.6 Å². The zero-order valence-corrected chi connectivity index (χ0v) is 19.0. The lowest BCUT2D eigenvalue weighted by Gasteiger charge is -2.38. The highest BCUT2D eigenvalue weighted by atomic mass is 19.4. The molecule has 0 spiro atoms. The lowest BCUT2D eigenvalue weighted by atomic mass is 9.73. The minimum atomic E-state index is -5.06. The highest BCUT2D eigenvalue weighted by Gasteiger charge is 2.56. The molecule has 0 radical (unpaired) electrons. The molecule has 0 amide bonds. The molecular formula is C23H31F4N3O2. The highest BCUT2D eigenvalue weighted by Crippen LogP contribution is 2.46. The molecule has 178 valence electrons. The maximum absolute atomic E-state index is 14.1. The van der Waals surface area contributed by atoms with E-state index in [1.807, 2.05) is 0 Å². The van der Waals surface area contributed by atoms with Gasteiger partial charge in [0.05, 0.1) is 5.70 Å². The van der Waals surface area contributed by atoms with Crippen molar-refractivity contribution in [2.45, 2.75) is 43.9 Å². The Balaban J connectivity index is 3.58. The van der Waals surface area contributed by atoms with E-state index in [0.717, 1.165) is 18.2 Å². The van der Waals surface area contributed by atoms with Gasteiger partial charge in [0.2, 0.25) is 0 Å². The number of phenolic OH excluding ortho intramolecular Hbond substituents is 1. The molecule has 0 saturated carbocycles. The van der Waals surface area contributed by atoms with Crippen LogP contribution >= 0.6 is 0 Å². The van der Waals surface area contributed by atoms with E-state index < -0.39 is 35.9 Å². The Morgan fingerprint density at radius 1 is 1.25 bits per heavy atom. The summed E-state index contributed by atoms with van der Waals surface area (Å²) in [5, 5.41) is 20.9. The lowest BCUT2D eigenvalue weighted by Crippen LogP contribution is -2.50. The first-order valence-electron chi connectivity index (χ1n) is 9.79. The van der Waals surface area contributed by atoms with Gasteiger partial charge >= 0.3 is 6.18 Å². The highest BCUT2D eigenvalue weighted by molar-refractivity contribution is 5.85. The van der Waals surface area contributed by atoms with Gasteiger partial charge in [0, 0.05) is 50.6 Å². The van der Waals surface area contributed by atoms with E-state index in [4.69, 9.17) is 5.73 Å². The molecule has 0 aromatic heterocycles. The van der Waals surface area contributed by atoms with Gasteiger partial charge in [-0.25, -0.2) is 4.39 Å².